The predicted molar refractivity (Wildman–Crippen MR) is 56.9 cm³/mol. The van der Waals surface area contributed by atoms with Crippen LogP contribution in [0, 0.1) is 23.2 Å². The Hall–Kier alpha value is -1.04. The van der Waals surface area contributed by atoms with Gasteiger partial charge in [-0.05, 0) is 24.7 Å². The van der Waals surface area contributed by atoms with Gasteiger partial charge in [-0.25, -0.2) is 0 Å². The van der Waals surface area contributed by atoms with E-state index in [9.17, 15) is 10.1 Å². The summed E-state index contributed by atoms with van der Waals surface area (Å²) in [7, 11) is 0. The number of carbonyl (C=O) groups is 1. The number of carbonyl (C=O) groups excluding carboxylic acids is 1. The largest absolute Gasteiger partial charge is 0.326 e. The van der Waals surface area contributed by atoms with Crippen LogP contribution >= 0.6 is 0 Å². The van der Waals surface area contributed by atoms with Gasteiger partial charge >= 0.3 is 0 Å². The molecule has 1 saturated carbocycles. The van der Waals surface area contributed by atoms with Gasteiger partial charge in [-0.1, -0.05) is 19.3 Å². The average Bonchev–Trinajstić information content (AvgIpc) is 2.40. The first-order valence-corrected chi connectivity index (χ1v) is 5.91. The lowest BCUT2D eigenvalue weighted by Crippen LogP contribution is -2.35. The second-order valence-corrected chi connectivity index (χ2v) is 4.81. The number of rotatable bonds is 0. The van der Waals surface area contributed by atoms with Crippen molar-refractivity contribution >= 4 is 5.91 Å². The van der Waals surface area contributed by atoms with E-state index < -0.39 is 0 Å². The van der Waals surface area contributed by atoms with Crippen molar-refractivity contribution in [2.75, 3.05) is 6.54 Å². The SMILES string of the molecule is CC(=O)N1CC2CCCCCC2C1C#N. The van der Waals surface area contributed by atoms with E-state index in [2.05, 4.69) is 6.07 Å². The van der Waals surface area contributed by atoms with Gasteiger partial charge in [0.05, 0.1) is 6.07 Å². The van der Waals surface area contributed by atoms with Gasteiger partial charge in [-0.15, -0.1) is 0 Å². The quantitative estimate of drug-likeness (QED) is 0.608. The highest BCUT2D eigenvalue weighted by atomic mass is 16.2. The number of hydrogen-bond donors (Lipinski definition) is 0. The van der Waals surface area contributed by atoms with Gasteiger partial charge in [0, 0.05) is 13.5 Å². The Balaban J connectivity index is 2.16. The molecule has 1 saturated heterocycles. The fourth-order valence-electron chi connectivity index (χ4n) is 3.14. The first-order valence-electron chi connectivity index (χ1n) is 5.91. The molecular weight excluding hydrogens is 188 g/mol. The van der Waals surface area contributed by atoms with Gasteiger partial charge in [-0.2, -0.15) is 5.26 Å². The second kappa shape index (κ2) is 4.22. The molecule has 0 aromatic rings. The molecule has 1 aliphatic heterocycles. The maximum Gasteiger partial charge on any atom is 0.220 e. The third kappa shape index (κ3) is 1.86. The molecule has 3 nitrogen and oxygen atoms in total. The van der Waals surface area contributed by atoms with E-state index in [1.54, 1.807) is 11.8 Å². The Morgan fingerprint density at radius 3 is 2.73 bits per heavy atom. The van der Waals surface area contributed by atoms with Gasteiger partial charge in [0.25, 0.3) is 0 Å². The van der Waals surface area contributed by atoms with Crippen LogP contribution in [0.1, 0.15) is 39.0 Å². The Kier molecular flexibility index (Phi) is 2.95. The summed E-state index contributed by atoms with van der Waals surface area (Å²) in [5, 5.41) is 9.17. The summed E-state index contributed by atoms with van der Waals surface area (Å²) < 4.78 is 0. The van der Waals surface area contributed by atoms with E-state index in [0.717, 1.165) is 13.0 Å². The van der Waals surface area contributed by atoms with Crippen molar-refractivity contribution in [2.24, 2.45) is 11.8 Å². The Morgan fingerprint density at radius 2 is 2.07 bits per heavy atom. The topological polar surface area (TPSA) is 44.1 Å². The molecule has 0 N–H and O–H groups in total. The zero-order valence-electron chi connectivity index (χ0n) is 9.28. The van der Waals surface area contributed by atoms with Crippen LogP contribution in [0.25, 0.3) is 0 Å². The van der Waals surface area contributed by atoms with Crippen molar-refractivity contribution in [3.8, 4) is 6.07 Å². The summed E-state index contributed by atoms with van der Waals surface area (Å²) in [4.78, 5) is 13.2. The summed E-state index contributed by atoms with van der Waals surface area (Å²) in [6.45, 7) is 2.40. The normalized spacial score (nSPS) is 35.5. The molecule has 3 unspecified atom stereocenters. The molecule has 0 radical (unpaired) electrons. The zero-order valence-corrected chi connectivity index (χ0v) is 9.28. The molecule has 82 valence electrons. The summed E-state index contributed by atoms with van der Waals surface area (Å²) in [6.07, 6.45) is 6.13. The van der Waals surface area contributed by atoms with Crippen molar-refractivity contribution in [2.45, 2.75) is 45.1 Å². The highest BCUT2D eigenvalue weighted by Gasteiger charge is 2.42. The number of hydrogen-bond acceptors (Lipinski definition) is 2. The molecule has 15 heavy (non-hydrogen) atoms. The monoisotopic (exact) mass is 206 g/mol. The van der Waals surface area contributed by atoms with Crippen LogP contribution in [0.4, 0.5) is 0 Å². The lowest BCUT2D eigenvalue weighted by atomic mass is 9.87. The van der Waals surface area contributed by atoms with Crippen LogP contribution in [0.2, 0.25) is 0 Å². The standard InChI is InChI=1S/C12H18N2O/c1-9(15)14-8-10-5-3-2-4-6-11(10)12(14)7-13/h10-12H,2-6,8H2,1H3. The van der Waals surface area contributed by atoms with Crippen molar-refractivity contribution in [1.82, 2.24) is 4.90 Å². The molecule has 0 aromatic carbocycles. The van der Waals surface area contributed by atoms with Crippen molar-refractivity contribution in [3.05, 3.63) is 0 Å². The highest BCUT2D eigenvalue weighted by molar-refractivity contribution is 5.74. The molecule has 1 aliphatic carbocycles. The smallest absolute Gasteiger partial charge is 0.220 e. The number of nitrogens with zero attached hydrogens (tertiary/aromatic N) is 2. The zero-order chi connectivity index (χ0) is 10.8. The van der Waals surface area contributed by atoms with E-state index >= 15 is 0 Å². The van der Waals surface area contributed by atoms with Crippen molar-refractivity contribution in [1.29, 1.82) is 5.26 Å². The van der Waals surface area contributed by atoms with E-state index in [0.29, 0.717) is 11.8 Å². The molecule has 3 atom stereocenters. The summed E-state index contributed by atoms with van der Waals surface area (Å²) in [6, 6.07) is 2.18. The average molecular weight is 206 g/mol. The van der Waals surface area contributed by atoms with Crippen LogP contribution in [-0.4, -0.2) is 23.4 Å². The van der Waals surface area contributed by atoms with Crippen LogP contribution < -0.4 is 0 Å². The first-order chi connectivity index (χ1) is 7.24. The van der Waals surface area contributed by atoms with Crippen LogP contribution in [0.3, 0.4) is 0 Å². The molecule has 0 spiro atoms. The molecule has 2 fully saturated rings. The van der Waals surface area contributed by atoms with E-state index in [-0.39, 0.29) is 11.9 Å². The molecule has 3 heteroatoms. The maximum atomic E-state index is 11.4. The minimum Gasteiger partial charge on any atom is -0.326 e. The van der Waals surface area contributed by atoms with E-state index in [1.165, 1.54) is 25.7 Å². The molecule has 0 bridgehead atoms. The second-order valence-electron chi connectivity index (χ2n) is 4.81. The van der Waals surface area contributed by atoms with Crippen LogP contribution in [0.15, 0.2) is 0 Å². The van der Waals surface area contributed by atoms with Gasteiger partial charge in [-0.3, -0.25) is 4.79 Å². The maximum absolute atomic E-state index is 11.4. The van der Waals surface area contributed by atoms with Gasteiger partial charge in [0.1, 0.15) is 6.04 Å². The predicted octanol–water partition coefficient (Wildman–Crippen LogP) is 1.94. The Bertz CT molecular complexity index is 294. The molecule has 2 aliphatic rings. The fraction of sp³-hybridized carbons (Fsp3) is 0.833. The fourth-order valence-corrected chi connectivity index (χ4v) is 3.14. The number of likely N-dealkylation sites (tertiary alicyclic amines) is 1. The molecule has 1 amide bonds. The molecule has 1 heterocycles. The Morgan fingerprint density at radius 1 is 1.33 bits per heavy atom. The molecule has 0 aromatic heterocycles. The number of amides is 1. The van der Waals surface area contributed by atoms with Gasteiger partial charge in [0.2, 0.25) is 5.91 Å². The third-order valence-corrected chi connectivity index (χ3v) is 3.93. The number of nitriles is 1. The van der Waals surface area contributed by atoms with Gasteiger partial charge < -0.3 is 4.90 Å². The number of fused-ring (bicyclic) bond motifs is 1. The minimum absolute atomic E-state index is 0.0645. The lowest BCUT2D eigenvalue weighted by Gasteiger charge is -2.20. The van der Waals surface area contributed by atoms with E-state index in [4.69, 9.17) is 0 Å². The summed E-state index contributed by atoms with van der Waals surface area (Å²) >= 11 is 0. The Labute approximate surface area is 91.1 Å². The molecular formula is C12H18N2O. The summed E-state index contributed by atoms with van der Waals surface area (Å²) in [5.74, 6) is 1.09. The molecule has 2 rings (SSSR count). The minimum atomic E-state index is -0.148. The highest BCUT2D eigenvalue weighted by Crippen LogP contribution is 2.38. The van der Waals surface area contributed by atoms with Gasteiger partial charge in [0.15, 0.2) is 0 Å². The first kappa shape index (κ1) is 10.5. The van der Waals surface area contributed by atoms with Crippen LogP contribution in [-0.2, 0) is 4.79 Å². The summed E-state index contributed by atoms with van der Waals surface area (Å²) in [5.41, 5.74) is 0. The van der Waals surface area contributed by atoms with E-state index in [1.807, 2.05) is 0 Å². The third-order valence-electron chi connectivity index (χ3n) is 3.93. The van der Waals surface area contributed by atoms with Crippen LogP contribution in [0.5, 0.6) is 0 Å². The van der Waals surface area contributed by atoms with Crippen molar-refractivity contribution < 1.29 is 4.79 Å². The lowest BCUT2D eigenvalue weighted by molar-refractivity contribution is -0.129. The van der Waals surface area contributed by atoms with Crippen molar-refractivity contribution in [3.63, 3.8) is 0 Å².